The zero-order valence-corrected chi connectivity index (χ0v) is 9.97. The van der Waals surface area contributed by atoms with Crippen LogP contribution in [-0.4, -0.2) is 19.7 Å². The van der Waals surface area contributed by atoms with Crippen molar-refractivity contribution in [2.24, 2.45) is 0 Å². The van der Waals surface area contributed by atoms with Gasteiger partial charge in [0.2, 0.25) is 0 Å². The van der Waals surface area contributed by atoms with Gasteiger partial charge in [0.05, 0.1) is 12.7 Å². The van der Waals surface area contributed by atoms with Crippen molar-refractivity contribution in [3.63, 3.8) is 0 Å². The van der Waals surface area contributed by atoms with Gasteiger partial charge < -0.3 is 9.47 Å². The molecular formula is C15H12O3. The summed E-state index contributed by atoms with van der Waals surface area (Å²) in [6, 6.07) is 11.8. The van der Waals surface area contributed by atoms with Crippen LogP contribution in [0.5, 0.6) is 5.75 Å². The Morgan fingerprint density at radius 1 is 1.22 bits per heavy atom. The van der Waals surface area contributed by atoms with Gasteiger partial charge in [-0.2, -0.15) is 0 Å². The second-order valence-electron chi connectivity index (χ2n) is 4.08. The van der Waals surface area contributed by atoms with Crippen LogP contribution in [0.3, 0.4) is 0 Å². The van der Waals surface area contributed by atoms with Crippen LogP contribution in [0.25, 0.3) is 16.3 Å². The Kier molecular flexibility index (Phi) is 2.52. The Labute approximate surface area is 105 Å². The molecule has 0 saturated heterocycles. The molecule has 1 aliphatic heterocycles. The quantitative estimate of drug-likeness (QED) is 0.719. The van der Waals surface area contributed by atoms with E-state index in [9.17, 15) is 4.79 Å². The van der Waals surface area contributed by atoms with Crippen molar-refractivity contribution in [3.05, 3.63) is 48.0 Å². The Bertz CT molecular complexity index is 656. The molecule has 3 rings (SSSR count). The van der Waals surface area contributed by atoms with Gasteiger partial charge in [0, 0.05) is 10.9 Å². The number of benzene rings is 2. The van der Waals surface area contributed by atoms with Gasteiger partial charge >= 0.3 is 5.97 Å². The summed E-state index contributed by atoms with van der Waals surface area (Å²) in [7, 11) is 1.39. The summed E-state index contributed by atoms with van der Waals surface area (Å²) < 4.78 is 10.5. The Balaban J connectivity index is 2.24. The molecule has 0 aromatic heterocycles. The van der Waals surface area contributed by atoms with Crippen molar-refractivity contribution < 1.29 is 14.3 Å². The van der Waals surface area contributed by atoms with Crippen molar-refractivity contribution in [1.29, 1.82) is 0 Å². The van der Waals surface area contributed by atoms with Crippen LogP contribution < -0.4 is 4.74 Å². The fourth-order valence-electron chi connectivity index (χ4n) is 2.23. The van der Waals surface area contributed by atoms with Crippen LogP contribution in [0.15, 0.2) is 42.5 Å². The number of fused-ring (bicyclic) bond motifs is 3. The Morgan fingerprint density at radius 2 is 2.06 bits per heavy atom. The summed E-state index contributed by atoms with van der Waals surface area (Å²) in [6.45, 7) is 0.394. The van der Waals surface area contributed by atoms with Crippen LogP contribution >= 0.6 is 0 Å². The maximum absolute atomic E-state index is 11.7. The lowest BCUT2D eigenvalue weighted by Crippen LogP contribution is -2.12. The van der Waals surface area contributed by atoms with Crippen LogP contribution in [0.4, 0.5) is 0 Å². The first-order valence-corrected chi connectivity index (χ1v) is 5.74. The van der Waals surface area contributed by atoms with Crippen LogP contribution in [0.2, 0.25) is 0 Å². The van der Waals surface area contributed by atoms with E-state index in [0.29, 0.717) is 12.2 Å². The predicted octanol–water partition coefficient (Wildman–Crippen LogP) is 2.79. The van der Waals surface area contributed by atoms with Crippen molar-refractivity contribution in [3.8, 4) is 5.75 Å². The summed E-state index contributed by atoms with van der Waals surface area (Å²) in [4.78, 5) is 11.7. The van der Waals surface area contributed by atoms with E-state index in [1.165, 1.54) is 7.11 Å². The van der Waals surface area contributed by atoms with Gasteiger partial charge in [-0.3, -0.25) is 0 Å². The highest BCUT2D eigenvalue weighted by molar-refractivity contribution is 6.19. The fourth-order valence-corrected chi connectivity index (χ4v) is 2.23. The lowest BCUT2D eigenvalue weighted by molar-refractivity contribution is -0.133. The second kappa shape index (κ2) is 4.18. The molecule has 0 saturated carbocycles. The van der Waals surface area contributed by atoms with Crippen molar-refractivity contribution in [2.45, 2.75) is 0 Å². The van der Waals surface area contributed by atoms with E-state index in [2.05, 4.69) is 0 Å². The molecule has 0 spiro atoms. The molecule has 1 aliphatic rings. The number of carbonyl (C=O) groups is 1. The van der Waals surface area contributed by atoms with Crippen molar-refractivity contribution in [1.82, 2.24) is 0 Å². The third-order valence-electron chi connectivity index (χ3n) is 3.09. The van der Waals surface area contributed by atoms with Gasteiger partial charge in [-0.15, -0.1) is 0 Å². The smallest absolute Gasteiger partial charge is 0.338 e. The van der Waals surface area contributed by atoms with Crippen LogP contribution in [-0.2, 0) is 9.53 Å². The van der Waals surface area contributed by atoms with E-state index in [1.54, 1.807) is 6.08 Å². The molecule has 0 amide bonds. The Morgan fingerprint density at radius 3 is 2.89 bits per heavy atom. The van der Waals surface area contributed by atoms with Gasteiger partial charge in [0.1, 0.15) is 12.4 Å². The zero-order chi connectivity index (χ0) is 12.5. The van der Waals surface area contributed by atoms with E-state index in [4.69, 9.17) is 9.47 Å². The lowest BCUT2D eigenvalue weighted by atomic mass is 9.98. The van der Waals surface area contributed by atoms with Gasteiger partial charge in [-0.25, -0.2) is 4.79 Å². The lowest BCUT2D eigenvalue weighted by Gasteiger charge is -2.19. The topological polar surface area (TPSA) is 35.5 Å². The molecule has 0 aliphatic carbocycles. The minimum Gasteiger partial charge on any atom is -0.488 e. The first-order chi connectivity index (χ1) is 8.81. The minimum atomic E-state index is -0.324. The molecule has 0 bridgehead atoms. The third-order valence-corrected chi connectivity index (χ3v) is 3.09. The summed E-state index contributed by atoms with van der Waals surface area (Å²) in [5, 5.41) is 2.12. The van der Waals surface area contributed by atoms with E-state index >= 15 is 0 Å². The maximum Gasteiger partial charge on any atom is 0.338 e. The van der Waals surface area contributed by atoms with E-state index in [0.717, 1.165) is 22.1 Å². The second-order valence-corrected chi connectivity index (χ2v) is 4.08. The molecule has 0 fully saturated rings. The molecule has 0 atom stereocenters. The monoisotopic (exact) mass is 240 g/mol. The highest BCUT2D eigenvalue weighted by atomic mass is 16.5. The molecule has 1 heterocycles. The van der Waals surface area contributed by atoms with Gasteiger partial charge in [-0.1, -0.05) is 30.3 Å². The Hall–Kier alpha value is -2.29. The number of rotatable bonds is 1. The number of hydrogen-bond acceptors (Lipinski definition) is 3. The summed E-state index contributed by atoms with van der Waals surface area (Å²) in [5.74, 6) is 0.436. The highest BCUT2D eigenvalue weighted by Gasteiger charge is 2.21. The van der Waals surface area contributed by atoms with Crippen LogP contribution in [0, 0.1) is 0 Å². The maximum atomic E-state index is 11.7. The summed E-state index contributed by atoms with van der Waals surface area (Å²) >= 11 is 0. The molecule has 90 valence electrons. The largest absolute Gasteiger partial charge is 0.488 e. The van der Waals surface area contributed by atoms with E-state index < -0.39 is 0 Å². The predicted molar refractivity (Wildman–Crippen MR) is 69.4 cm³/mol. The highest BCUT2D eigenvalue weighted by Crippen LogP contribution is 2.36. The minimum absolute atomic E-state index is 0.324. The number of ether oxygens (including phenoxy) is 2. The van der Waals surface area contributed by atoms with Gasteiger partial charge in [0.25, 0.3) is 0 Å². The van der Waals surface area contributed by atoms with Crippen LogP contribution in [0.1, 0.15) is 5.56 Å². The van der Waals surface area contributed by atoms with Gasteiger partial charge in [-0.05, 0) is 17.5 Å². The first-order valence-electron chi connectivity index (χ1n) is 5.74. The summed E-state index contributed by atoms with van der Waals surface area (Å²) in [5.41, 5.74) is 1.37. The molecule has 2 aromatic carbocycles. The number of hydrogen-bond donors (Lipinski definition) is 0. The van der Waals surface area contributed by atoms with E-state index in [-0.39, 0.29) is 5.97 Å². The average Bonchev–Trinajstić information content (AvgIpc) is 2.45. The number of esters is 1. The average molecular weight is 240 g/mol. The molecule has 2 aromatic rings. The van der Waals surface area contributed by atoms with E-state index in [1.807, 2.05) is 36.4 Å². The third kappa shape index (κ3) is 1.56. The van der Waals surface area contributed by atoms with Crippen molar-refractivity contribution in [2.75, 3.05) is 13.7 Å². The molecule has 0 radical (unpaired) electrons. The molecule has 3 heteroatoms. The molecule has 3 nitrogen and oxygen atoms in total. The zero-order valence-electron chi connectivity index (χ0n) is 9.97. The normalized spacial score (nSPS) is 13.5. The summed E-state index contributed by atoms with van der Waals surface area (Å²) in [6.07, 6.45) is 1.75. The molecule has 0 N–H and O–H groups in total. The fraction of sp³-hybridized carbons (Fsp3) is 0.133. The molecule has 18 heavy (non-hydrogen) atoms. The standard InChI is InChI=1S/C15H12O3/c1-17-15(16)13-8-9-18-14-11-5-3-2-4-10(11)6-7-12(13)14/h2-8H,9H2,1H3. The number of methoxy groups -OCH3 is 1. The SMILES string of the molecule is COC(=O)C1=CCOc2c1ccc1ccccc21. The van der Waals surface area contributed by atoms with Crippen molar-refractivity contribution >= 4 is 22.3 Å². The molecular weight excluding hydrogens is 228 g/mol. The first kappa shape index (κ1) is 10.8. The molecule has 0 unspecified atom stereocenters. The van der Waals surface area contributed by atoms with Gasteiger partial charge in [0.15, 0.2) is 0 Å². The number of carbonyl (C=O) groups excluding carboxylic acids is 1.